The fourth-order valence-corrected chi connectivity index (χ4v) is 3.86. The number of carbonyl (C=O) groups is 2. The van der Waals surface area contributed by atoms with Crippen molar-refractivity contribution in [2.24, 2.45) is 0 Å². The largest absolute Gasteiger partial charge is 0.385 e. The minimum absolute atomic E-state index is 0.0252. The Labute approximate surface area is 165 Å². The van der Waals surface area contributed by atoms with E-state index in [1.54, 1.807) is 31.3 Å². The van der Waals surface area contributed by atoms with Gasteiger partial charge in [0.15, 0.2) is 0 Å². The first kappa shape index (κ1) is 22.0. The first-order valence-electron chi connectivity index (χ1n) is 9.16. The van der Waals surface area contributed by atoms with Gasteiger partial charge in [-0.2, -0.15) is 8.42 Å². The summed E-state index contributed by atoms with van der Waals surface area (Å²) in [5.41, 5.74) is 0.738. The fourth-order valence-electron chi connectivity index (χ4n) is 3.15. The number of rotatable bonds is 11. The highest BCUT2D eigenvalue weighted by atomic mass is 32.2. The number of hydrogen-bond donors (Lipinski definition) is 3. The molecule has 0 aliphatic rings. The summed E-state index contributed by atoms with van der Waals surface area (Å²) in [6.07, 6.45) is 1.89. The Morgan fingerprint density at radius 1 is 1.07 bits per heavy atom. The lowest BCUT2D eigenvalue weighted by molar-refractivity contribution is -0.120. The Morgan fingerprint density at radius 2 is 1.75 bits per heavy atom. The predicted molar refractivity (Wildman–Crippen MR) is 109 cm³/mol. The van der Waals surface area contributed by atoms with E-state index < -0.39 is 10.1 Å². The first-order chi connectivity index (χ1) is 13.2. The summed E-state index contributed by atoms with van der Waals surface area (Å²) >= 11 is 0. The summed E-state index contributed by atoms with van der Waals surface area (Å²) < 4.78 is 32.5. The van der Waals surface area contributed by atoms with Crippen molar-refractivity contribution in [3.63, 3.8) is 0 Å². The lowest BCUT2D eigenvalue weighted by atomic mass is 10.0. The van der Waals surface area contributed by atoms with Gasteiger partial charge >= 0.3 is 0 Å². The van der Waals surface area contributed by atoms with Crippen LogP contribution >= 0.6 is 0 Å². The molecule has 1 atom stereocenters. The first-order valence-corrected chi connectivity index (χ1v) is 10.6. The summed E-state index contributed by atoms with van der Waals surface area (Å²) in [5.74, 6) is 0.132. The number of hydrogen-bond acceptors (Lipinski definition) is 6. The van der Waals surface area contributed by atoms with E-state index in [0.29, 0.717) is 43.0 Å². The fraction of sp³-hybridized carbons (Fsp3) is 0.400. The zero-order chi connectivity index (χ0) is 20.7. The van der Waals surface area contributed by atoms with Crippen LogP contribution in [0.25, 0.3) is 10.8 Å². The van der Waals surface area contributed by atoms with Gasteiger partial charge in [-0.25, -0.2) is 0 Å². The van der Waals surface area contributed by atoms with Crippen molar-refractivity contribution >= 4 is 38.1 Å². The van der Waals surface area contributed by atoms with E-state index in [-0.39, 0.29) is 22.5 Å². The molecule has 0 heterocycles. The molecule has 0 amide bonds. The van der Waals surface area contributed by atoms with Crippen LogP contribution in [0, 0.1) is 0 Å². The molecule has 2 rings (SSSR count). The van der Waals surface area contributed by atoms with Gasteiger partial charge < -0.3 is 10.6 Å². The zero-order valence-electron chi connectivity index (χ0n) is 16.1. The van der Waals surface area contributed by atoms with Crippen LogP contribution < -0.4 is 10.6 Å². The smallest absolute Gasteiger partial charge is 0.295 e. The van der Waals surface area contributed by atoms with Crippen molar-refractivity contribution in [1.82, 2.24) is 5.32 Å². The maximum atomic E-state index is 12.0. The number of ketones is 2. The van der Waals surface area contributed by atoms with Gasteiger partial charge in [-0.3, -0.25) is 14.1 Å². The predicted octanol–water partition coefficient (Wildman–Crippen LogP) is 2.80. The van der Waals surface area contributed by atoms with Gasteiger partial charge in [0.25, 0.3) is 10.1 Å². The van der Waals surface area contributed by atoms with Gasteiger partial charge in [-0.05, 0) is 38.9 Å². The molecule has 3 N–H and O–H groups in total. The van der Waals surface area contributed by atoms with Crippen molar-refractivity contribution in [3.8, 4) is 0 Å². The van der Waals surface area contributed by atoms with Gasteiger partial charge in [0, 0.05) is 35.8 Å². The Bertz CT molecular complexity index is 956. The van der Waals surface area contributed by atoms with Crippen LogP contribution in [0.4, 0.5) is 5.69 Å². The van der Waals surface area contributed by atoms with E-state index in [1.807, 2.05) is 6.07 Å². The van der Waals surface area contributed by atoms with Crippen molar-refractivity contribution < 1.29 is 22.6 Å². The molecule has 28 heavy (non-hydrogen) atoms. The van der Waals surface area contributed by atoms with Gasteiger partial charge in [0.05, 0.1) is 6.04 Å². The third kappa shape index (κ3) is 5.85. The summed E-state index contributed by atoms with van der Waals surface area (Å²) in [4.78, 5) is 23.2. The lowest BCUT2D eigenvalue weighted by Gasteiger charge is -2.12. The highest BCUT2D eigenvalue weighted by Crippen LogP contribution is 2.28. The summed E-state index contributed by atoms with van der Waals surface area (Å²) in [7, 11) is -2.60. The average Bonchev–Trinajstić information content (AvgIpc) is 2.64. The number of likely N-dealkylation sites (N-methyl/N-ethyl adjacent to an activating group) is 1. The van der Waals surface area contributed by atoms with Crippen molar-refractivity contribution in [1.29, 1.82) is 0 Å². The molecule has 0 bridgehead atoms. The van der Waals surface area contributed by atoms with Gasteiger partial charge in [-0.15, -0.1) is 0 Å². The molecule has 1 unspecified atom stereocenters. The Balaban J connectivity index is 1.93. The molecule has 8 heteroatoms. The number of fused-ring (bicyclic) bond motifs is 1. The highest BCUT2D eigenvalue weighted by molar-refractivity contribution is 7.86. The molecule has 152 valence electrons. The number of benzene rings is 2. The highest BCUT2D eigenvalue weighted by Gasteiger charge is 2.15. The van der Waals surface area contributed by atoms with Crippen molar-refractivity contribution in [2.45, 2.75) is 43.5 Å². The van der Waals surface area contributed by atoms with Crippen LogP contribution in [0.3, 0.4) is 0 Å². The van der Waals surface area contributed by atoms with Gasteiger partial charge in [-0.1, -0.05) is 24.3 Å². The lowest BCUT2D eigenvalue weighted by Crippen LogP contribution is -2.32. The quantitative estimate of drug-likeness (QED) is 0.388. The van der Waals surface area contributed by atoms with Gasteiger partial charge in [0.1, 0.15) is 16.5 Å². The molecule has 7 nitrogen and oxygen atoms in total. The minimum Gasteiger partial charge on any atom is -0.385 e. The van der Waals surface area contributed by atoms with Crippen LogP contribution in [0.15, 0.2) is 41.3 Å². The molecule has 2 aromatic rings. The summed E-state index contributed by atoms with van der Waals surface area (Å²) in [5, 5.41) is 7.24. The van der Waals surface area contributed by atoms with Crippen molar-refractivity contribution in [3.05, 3.63) is 36.4 Å². The normalized spacial score (nSPS) is 12.7. The van der Waals surface area contributed by atoms with E-state index in [2.05, 4.69) is 10.6 Å². The molecule has 0 fully saturated rings. The maximum absolute atomic E-state index is 12.0. The second-order valence-electron chi connectivity index (χ2n) is 6.69. The van der Waals surface area contributed by atoms with Crippen LogP contribution in [0.5, 0.6) is 0 Å². The summed E-state index contributed by atoms with van der Waals surface area (Å²) in [6.45, 7) is 2.05. The molecule has 0 aliphatic carbocycles. The second kappa shape index (κ2) is 9.77. The third-order valence-corrected chi connectivity index (χ3v) is 5.57. The molecular formula is C20H26N2O5S. The number of anilines is 1. The van der Waals surface area contributed by atoms with E-state index in [0.717, 1.165) is 5.69 Å². The van der Waals surface area contributed by atoms with E-state index in [1.165, 1.54) is 13.0 Å². The maximum Gasteiger partial charge on any atom is 0.295 e. The third-order valence-electron chi connectivity index (χ3n) is 4.66. The molecule has 2 aromatic carbocycles. The zero-order valence-corrected chi connectivity index (χ0v) is 16.9. The van der Waals surface area contributed by atoms with Crippen LogP contribution in [0.2, 0.25) is 0 Å². The van der Waals surface area contributed by atoms with E-state index >= 15 is 0 Å². The Hall–Kier alpha value is -2.29. The number of Topliss-reactive ketones (excluding diaryl/α,β-unsaturated/α-hetero) is 2. The van der Waals surface area contributed by atoms with Crippen molar-refractivity contribution in [2.75, 3.05) is 18.9 Å². The monoisotopic (exact) mass is 406 g/mol. The molecule has 0 saturated heterocycles. The summed E-state index contributed by atoms with van der Waals surface area (Å²) in [6, 6.07) is 9.60. The molecular weight excluding hydrogens is 380 g/mol. The van der Waals surface area contributed by atoms with Crippen LogP contribution in [0.1, 0.15) is 32.6 Å². The SMILES string of the molecule is CNC(CCC(=O)CCCNc1cccc2c(S(=O)(=O)O)cccc12)C(C)=O. The Kier molecular flexibility index (Phi) is 7.68. The average molecular weight is 407 g/mol. The molecule has 0 aliphatic heterocycles. The second-order valence-corrected chi connectivity index (χ2v) is 8.08. The van der Waals surface area contributed by atoms with Gasteiger partial charge in [0.2, 0.25) is 0 Å². The van der Waals surface area contributed by atoms with Crippen LogP contribution in [-0.4, -0.2) is 44.2 Å². The number of carbonyl (C=O) groups excluding carboxylic acids is 2. The van der Waals surface area contributed by atoms with E-state index in [9.17, 15) is 22.6 Å². The molecule has 0 radical (unpaired) electrons. The topological polar surface area (TPSA) is 113 Å². The standard InChI is InChI=1S/C20H26N2O5S/c1-14(23)18(21-2)12-11-15(24)6-5-13-22-19-9-3-8-17-16(19)7-4-10-20(17)28(25,26)27/h3-4,7-10,18,21-22H,5-6,11-13H2,1-2H3,(H,25,26,27). The number of nitrogens with one attached hydrogen (secondary N) is 2. The molecule has 0 saturated carbocycles. The molecule has 0 aromatic heterocycles. The van der Waals surface area contributed by atoms with E-state index in [4.69, 9.17) is 0 Å². The Morgan fingerprint density at radius 3 is 2.39 bits per heavy atom. The van der Waals surface area contributed by atoms with Crippen LogP contribution in [-0.2, 0) is 19.7 Å². The minimum atomic E-state index is -4.31. The molecule has 0 spiro atoms.